The maximum absolute atomic E-state index is 12.3. The molecule has 6 heterocycles. The van der Waals surface area contributed by atoms with Crippen molar-refractivity contribution in [1.29, 1.82) is 0 Å². The molecule has 0 spiro atoms. The Hall–Kier alpha value is -2.34. The zero-order valence-electron chi connectivity index (χ0n) is 41.0. The van der Waals surface area contributed by atoms with Crippen LogP contribution in [0.1, 0.15) is 13.3 Å². The molecule has 23 N–H and O–H groups in total. The topological polar surface area (TPSA) is 593 Å². The summed E-state index contributed by atoms with van der Waals surface area (Å²) in [5.41, 5.74) is 0. The minimum Gasteiger partial charge on any atom is -0.477 e. The highest BCUT2D eigenvalue weighted by Gasteiger charge is 2.61. The first-order chi connectivity index (χ1) is 36.7. The van der Waals surface area contributed by atoms with Crippen LogP contribution in [-0.2, 0) is 61.7 Å². The lowest BCUT2D eigenvalue weighted by Gasteiger charge is -2.52. The van der Waals surface area contributed by atoms with Crippen molar-refractivity contribution >= 4 is 11.9 Å². The molecule has 6 saturated heterocycles. The Balaban J connectivity index is 1.42. The molecule has 0 aromatic heterocycles. The Morgan fingerprint density at radius 2 is 0.910 bits per heavy atom. The van der Waals surface area contributed by atoms with Gasteiger partial charge in [0.05, 0.1) is 45.7 Å². The van der Waals surface area contributed by atoms with Crippen LogP contribution in [0.15, 0.2) is 0 Å². The van der Waals surface area contributed by atoms with E-state index in [1.165, 1.54) is 0 Å². The number of amides is 1. The summed E-state index contributed by atoms with van der Waals surface area (Å²) in [6, 6.07) is -1.80. The number of nitrogens with one attached hydrogen (secondary N) is 1. The van der Waals surface area contributed by atoms with E-state index in [0.717, 1.165) is 6.92 Å². The summed E-state index contributed by atoms with van der Waals surface area (Å²) in [5, 5.41) is 238. The Morgan fingerprint density at radius 1 is 0.474 bits per heavy atom. The summed E-state index contributed by atoms with van der Waals surface area (Å²) >= 11 is 0. The molecular weight excluding hydrogens is 1080 g/mol. The van der Waals surface area contributed by atoms with E-state index in [1.54, 1.807) is 0 Å². The predicted octanol–water partition coefficient (Wildman–Crippen LogP) is -15.4. The second-order valence-corrected chi connectivity index (χ2v) is 19.4. The number of carboxylic acid groups (broad SMARTS) is 1. The predicted molar refractivity (Wildman–Crippen MR) is 234 cm³/mol. The van der Waals surface area contributed by atoms with E-state index in [-0.39, 0.29) is 0 Å². The number of aliphatic hydroxyl groups excluding tert-OH is 20. The van der Waals surface area contributed by atoms with Crippen LogP contribution in [0, 0.1) is 0 Å². The summed E-state index contributed by atoms with van der Waals surface area (Å²) < 4.78 is 63.1. The molecule has 0 aliphatic carbocycles. The van der Waals surface area contributed by atoms with Crippen molar-refractivity contribution in [2.45, 2.75) is 209 Å². The molecule has 78 heavy (non-hydrogen) atoms. The van der Waals surface area contributed by atoms with Crippen LogP contribution >= 0.6 is 0 Å². The number of hydrogen-bond acceptors (Lipinski definition) is 34. The highest BCUT2D eigenvalue weighted by atomic mass is 16.8. The monoisotopic (exact) mass is 1150 g/mol. The Kier molecular flexibility index (Phi) is 22.7. The summed E-state index contributed by atoms with van der Waals surface area (Å²) in [6.45, 7) is -5.93. The number of aliphatic carboxylic acids is 1. The number of carbonyl (C=O) groups is 2. The molecule has 0 aromatic rings. The summed E-state index contributed by atoms with van der Waals surface area (Å²) in [7, 11) is 0. The normalized spacial score (nSPS) is 48.6. The Morgan fingerprint density at radius 3 is 1.46 bits per heavy atom. The number of carboxylic acids is 1. The lowest BCUT2D eigenvalue weighted by atomic mass is 9.91. The van der Waals surface area contributed by atoms with Crippen LogP contribution in [0.4, 0.5) is 0 Å². The van der Waals surface area contributed by atoms with Gasteiger partial charge in [0.15, 0.2) is 31.5 Å². The first-order valence-corrected chi connectivity index (χ1v) is 24.4. The molecular formula is C42H71NO35. The number of ether oxygens (including phenoxy) is 11. The molecule has 0 radical (unpaired) electrons. The fraction of sp³-hybridized carbons (Fsp3) is 0.952. The average Bonchev–Trinajstić information content (AvgIpc) is 3.41. The molecule has 0 bridgehead atoms. The van der Waals surface area contributed by atoms with E-state index >= 15 is 0 Å². The van der Waals surface area contributed by atoms with Gasteiger partial charge < -0.3 is 170 Å². The summed E-state index contributed by atoms with van der Waals surface area (Å²) in [4.78, 5) is 24.3. The molecule has 6 aliphatic heterocycles. The van der Waals surface area contributed by atoms with Gasteiger partial charge >= 0.3 is 5.97 Å². The lowest BCUT2D eigenvalue weighted by molar-refractivity contribution is -0.414. The standard InChI is InChI=1S/C42H71NO35/c1-9(50)43-17-20(57)18(55)14(6-47)68-36(17)76-34-23(60)22(59)28(11(52)3-44)71-40(34)75-33-27(64)39(72-29-10(51)2-42(67,41(65)66)78-31(29)13(54)5-46)73-30(12(53)4-45)35(33)77-38-26(63)24(61)32(16(8-49)70-38)74-37-25(62)21(58)19(56)15(7-48)69-37/h10-40,44-49,51-64,67H,2-8H2,1H3,(H,43,50)(H,65,66)/t10-,11+,12+,13-,14-,15-,16-,17-,18-,19+,20-,21+,22+,23+,24-,25-,26-,27+,28-,29-,30-,31-,32-,33-,34+,35-,36-,37+,38+,39+,40-,42-/m1/s1. The summed E-state index contributed by atoms with van der Waals surface area (Å²) in [5.74, 6) is -6.21. The van der Waals surface area contributed by atoms with Crippen LogP contribution in [0.5, 0.6) is 0 Å². The van der Waals surface area contributed by atoms with Crippen molar-refractivity contribution in [2.75, 3.05) is 39.6 Å². The number of carbonyl (C=O) groups excluding carboxylic acids is 1. The highest BCUT2D eigenvalue weighted by molar-refractivity contribution is 5.75. The molecule has 0 aromatic carbocycles. The van der Waals surface area contributed by atoms with Gasteiger partial charge in [-0.2, -0.15) is 0 Å². The second-order valence-electron chi connectivity index (χ2n) is 19.4. The van der Waals surface area contributed by atoms with E-state index < -0.39 is 254 Å². The van der Waals surface area contributed by atoms with E-state index in [9.17, 15) is 122 Å². The Bertz CT molecular complexity index is 1900. The van der Waals surface area contributed by atoms with Crippen molar-refractivity contribution in [3.63, 3.8) is 0 Å². The molecule has 36 heteroatoms. The fourth-order valence-corrected chi connectivity index (χ4v) is 9.77. The third-order valence-corrected chi connectivity index (χ3v) is 14.1. The van der Waals surface area contributed by atoms with E-state index in [4.69, 9.17) is 52.1 Å². The molecule has 6 rings (SSSR count). The number of aliphatic hydroxyl groups is 21. The summed E-state index contributed by atoms with van der Waals surface area (Å²) in [6.07, 6.45) is -66.4. The average molecular weight is 1150 g/mol. The zero-order chi connectivity index (χ0) is 58.0. The first-order valence-electron chi connectivity index (χ1n) is 24.4. The van der Waals surface area contributed by atoms with Crippen LogP contribution in [0.3, 0.4) is 0 Å². The minimum absolute atomic E-state index is 0.877. The second kappa shape index (κ2) is 27.4. The van der Waals surface area contributed by atoms with Crippen molar-refractivity contribution in [3.05, 3.63) is 0 Å². The van der Waals surface area contributed by atoms with Gasteiger partial charge in [-0.25, -0.2) is 4.79 Å². The van der Waals surface area contributed by atoms with Gasteiger partial charge in [-0.1, -0.05) is 0 Å². The molecule has 36 nitrogen and oxygen atoms in total. The third-order valence-electron chi connectivity index (χ3n) is 14.1. The van der Waals surface area contributed by atoms with Crippen molar-refractivity contribution in [3.8, 4) is 0 Å². The van der Waals surface area contributed by atoms with Crippen LogP contribution < -0.4 is 5.32 Å². The van der Waals surface area contributed by atoms with Gasteiger partial charge in [-0.05, 0) is 0 Å². The number of hydrogen-bond donors (Lipinski definition) is 23. The maximum atomic E-state index is 12.3. The molecule has 1 amide bonds. The van der Waals surface area contributed by atoms with Gasteiger partial charge in [0.25, 0.3) is 5.79 Å². The van der Waals surface area contributed by atoms with Crippen LogP contribution in [0.2, 0.25) is 0 Å². The van der Waals surface area contributed by atoms with Gasteiger partial charge in [0, 0.05) is 13.3 Å². The largest absolute Gasteiger partial charge is 0.477 e. The van der Waals surface area contributed by atoms with Gasteiger partial charge in [-0.3, -0.25) is 4.79 Å². The molecule has 6 aliphatic rings. The highest BCUT2D eigenvalue weighted by Crippen LogP contribution is 2.40. The SMILES string of the molecule is CC(=O)N[C@H]1[C@@H](O[C@@H]2[C@@H](O[C@@H]3[C@H](O)[C@@H](O[C@H]4[C@@H]([C@H](O)CO)O[C@@](O)(C(=O)O)C[C@H]4O)O[C@H]([C@@H](O)CO)[C@H]3O[C@@H]3O[C@H](CO)[C@@H](O[C@@H]4O[C@H](CO)[C@H](O)[C@H](O)[C@H]4O)[C@H](O)[C@H]3O)O[C@H]([C@@H](O)CO)[C@@H](O)[C@@H]2O)O[C@H](CO)[C@@H](O)[C@@H]1O. The zero-order valence-corrected chi connectivity index (χ0v) is 41.0. The smallest absolute Gasteiger partial charge is 0.364 e. The van der Waals surface area contributed by atoms with E-state index in [0.29, 0.717) is 0 Å². The van der Waals surface area contributed by atoms with Gasteiger partial charge in [-0.15, -0.1) is 0 Å². The molecule has 0 saturated carbocycles. The molecule has 32 atom stereocenters. The fourth-order valence-electron chi connectivity index (χ4n) is 9.77. The van der Waals surface area contributed by atoms with Crippen LogP contribution in [0.25, 0.3) is 0 Å². The quantitative estimate of drug-likeness (QED) is 0.0507. The van der Waals surface area contributed by atoms with E-state index in [2.05, 4.69) is 5.32 Å². The van der Waals surface area contributed by atoms with Gasteiger partial charge in [0.1, 0.15) is 153 Å². The van der Waals surface area contributed by atoms with Crippen molar-refractivity contribution < 1.29 is 174 Å². The lowest BCUT2D eigenvalue weighted by Crippen LogP contribution is -2.71. The van der Waals surface area contributed by atoms with E-state index in [1.807, 2.05) is 0 Å². The van der Waals surface area contributed by atoms with Gasteiger partial charge in [0.2, 0.25) is 5.91 Å². The Labute approximate surface area is 439 Å². The molecule has 0 unspecified atom stereocenters. The molecule has 6 fully saturated rings. The number of rotatable bonds is 21. The minimum atomic E-state index is -3.25. The van der Waals surface area contributed by atoms with Crippen molar-refractivity contribution in [1.82, 2.24) is 5.32 Å². The third kappa shape index (κ3) is 13.5. The molecule has 454 valence electrons. The first kappa shape index (κ1) is 64.8. The maximum Gasteiger partial charge on any atom is 0.364 e. The van der Waals surface area contributed by atoms with Crippen LogP contribution in [-0.4, -0.2) is 360 Å². The van der Waals surface area contributed by atoms with Crippen molar-refractivity contribution in [2.24, 2.45) is 0 Å².